The summed E-state index contributed by atoms with van der Waals surface area (Å²) >= 11 is 17.8. The first-order valence-corrected chi connectivity index (χ1v) is 17.1. The molecule has 278 valence electrons. The predicted octanol–water partition coefficient (Wildman–Crippen LogP) is 7.24. The van der Waals surface area contributed by atoms with Gasteiger partial charge in [-0.3, -0.25) is 30.3 Å². The van der Waals surface area contributed by atoms with E-state index in [4.69, 9.17) is 49.0 Å². The highest BCUT2D eigenvalue weighted by Gasteiger charge is 2.23. The van der Waals surface area contributed by atoms with Crippen molar-refractivity contribution >= 4 is 51.9 Å². The van der Waals surface area contributed by atoms with Crippen molar-refractivity contribution in [1.82, 2.24) is 14.7 Å². The lowest BCUT2D eigenvalue weighted by atomic mass is 10.1. The predicted molar refractivity (Wildman–Crippen MR) is 196 cm³/mol. The molecule has 3 aromatic carbocycles. The summed E-state index contributed by atoms with van der Waals surface area (Å²) in [4.78, 5) is 36.6. The molecule has 18 heteroatoms. The zero-order valence-electron chi connectivity index (χ0n) is 28.7. The number of rotatable bonds is 11. The summed E-state index contributed by atoms with van der Waals surface area (Å²) in [6.07, 6.45) is 3.09. The van der Waals surface area contributed by atoms with E-state index in [9.17, 15) is 30.3 Å². The van der Waals surface area contributed by atoms with Crippen LogP contribution in [0.4, 0.5) is 17.1 Å². The van der Waals surface area contributed by atoms with E-state index in [0.29, 0.717) is 28.9 Å². The maximum atomic E-state index is 10.6. The zero-order chi connectivity index (χ0) is 37.7. The standard InChI is InChI=1S/C12H15ClN2O3.C11H13ClN2O3.C10H13ClN2O3/c1-14-6-4-10(5-7-14)18-12-3-2-9(15(16)17)8-11(12)13;1-13-5-4-9(7-13)17-11-3-2-8(14(15)16)6-10(11)12;1-12(2)5-6-16-10-4-3-8(13(14)15)7-9(10)11/h2-3,8,10H,4-7H2,1H3;2-3,6,9H,4-5,7H2,1H3;3-4,7H,5-6H2,1-2H3. The Kier molecular flexibility index (Phi) is 16.4. The number of nitro groups is 3. The maximum absolute atomic E-state index is 10.6. The molecule has 2 aliphatic heterocycles. The lowest BCUT2D eigenvalue weighted by Gasteiger charge is -2.29. The summed E-state index contributed by atoms with van der Waals surface area (Å²) < 4.78 is 16.9. The summed E-state index contributed by atoms with van der Waals surface area (Å²) in [7, 11) is 7.97. The Hall–Kier alpha value is -3.99. The van der Waals surface area contributed by atoms with Gasteiger partial charge in [-0.1, -0.05) is 34.8 Å². The van der Waals surface area contributed by atoms with Gasteiger partial charge in [0.25, 0.3) is 17.1 Å². The van der Waals surface area contributed by atoms with Crippen LogP contribution in [0.1, 0.15) is 19.3 Å². The minimum Gasteiger partial charge on any atom is -0.491 e. The van der Waals surface area contributed by atoms with Gasteiger partial charge in [0, 0.05) is 69.1 Å². The largest absolute Gasteiger partial charge is 0.491 e. The van der Waals surface area contributed by atoms with Gasteiger partial charge < -0.3 is 28.9 Å². The van der Waals surface area contributed by atoms with Gasteiger partial charge in [-0.05, 0) is 65.7 Å². The Bertz CT molecular complexity index is 1640. The van der Waals surface area contributed by atoms with E-state index in [1.165, 1.54) is 42.5 Å². The van der Waals surface area contributed by atoms with Gasteiger partial charge in [-0.15, -0.1) is 0 Å². The molecule has 3 aromatic rings. The summed E-state index contributed by atoms with van der Waals surface area (Å²) in [6, 6.07) is 12.7. The molecule has 2 heterocycles. The van der Waals surface area contributed by atoms with Crippen LogP contribution in [0.3, 0.4) is 0 Å². The summed E-state index contributed by atoms with van der Waals surface area (Å²) in [5.74, 6) is 1.50. The zero-order valence-corrected chi connectivity index (χ0v) is 31.0. The van der Waals surface area contributed by atoms with Crippen molar-refractivity contribution in [3.05, 3.63) is 100 Å². The summed E-state index contributed by atoms with van der Waals surface area (Å²) in [5, 5.41) is 32.4. The van der Waals surface area contributed by atoms with Crippen molar-refractivity contribution in [2.24, 2.45) is 0 Å². The van der Waals surface area contributed by atoms with E-state index in [1.54, 1.807) is 12.1 Å². The van der Waals surface area contributed by atoms with Crippen molar-refractivity contribution in [1.29, 1.82) is 0 Å². The number of hydrogen-bond acceptors (Lipinski definition) is 12. The van der Waals surface area contributed by atoms with E-state index in [-0.39, 0.29) is 39.3 Å². The van der Waals surface area contributed by atoms with Crippen LogP contribution in [0.25, 0.3) is 0 Å². The van der Waals surface area contributed by atoms with E-state index >= 15 is 0 Å². The SMILES string of the molecule is CN(C)CCOc1ccc([N+](=O)[O-])cc1Cl.CN1CCC(Oc2ccc([N+](=O)[O-])cc2Cl)C1.CN1CCC(Oc2ccc([N+](=O)[O-])cc2Cl)CC1. The number of likely N-dealkylation sites (tertiary alicyclic amines) is 2. The van der Waals surface area contributed by atoms with Crippen molar-refractivity contribution in [3.8, 4) is 17.2 Å². The first kappa shape index (κ1) is 41.4. The van der Waals surface area contributed by atoms with Gasteiger partial charge in [0.1, 0.15) is 36.1 Å². The molecule has 15 nitrogen and oxygen atoms in total. The Morgan fingerprint density at radius 2 is 1.06 bits per heavy atom. The van der Waals surface area contributed by atoms with Crippen LogP contribution < -0.4 is 14.2 Å². The Morgan fingerprint density at radius 1 is 0.667 bits per heavy atom. The Labute approximate surface area is 311 Å². The van der Waals surface area contributed by atoms with E-state index < -0.39 is 14.8 Å². The van der Waals surface area contributed by atoms with Gasteiger partial charge in [0.05, 0.1) is 29.8 Å². The van der Waals surface area contributed by atoms with Gasteiger partial charge in [-0.25, -0.2) is 0 Å². The molecule has 2 saturated heterocycles. The molecule has 51 heavy (non-hydrogen) atoms. The average Bonchev–Trinajstić information content (AvgIpc) is 3.49. The van der Waals surface area contributed by atoms with Crippen molar-refractivity contribution < 1.29 is 29.0 Å². The molecule has 1 unspecified atom stereocenters. The third kappa shape index (κ3) is 13.9. The van der Waals surface area contributed by atoms with Crippen LogP contribution in [0.15, 0.2) is 54.6 Å². The molecule has 0 amide bonds. The van der Waals surface area contributed by atoms with Gasteiger partial charge in [0.15, 0.2) is 0 Å². The van der Waals surface area contributed by atoms with Crippen molar-refractivity contribution in [2.45, 2.75) is 31.5 Å². The molecule has 0 radical (unpaired) electrons. The van der Waals surface area contributed by atoms with Gasteiger partial charge in [-0.2, -0.15) is 0 Å². The van der Waals surface area contributed by atoms with E-state index in [0.717, 1.165) is 52.0 Å². The van der Waals surface area contributed by atoms with Gasteiger partial charge >= 0.3 is 0 Å². The van der Waals surface area contributed by atoms with Crippen molar-refractivity contribution in [2.75, 3.05) is 67.5 Å². The van der Waals surface area contributed by atoms with Crippen LogP contribution in [0, 0.1) is 30.3 Å². The summed E-state index contributed by atoms with van der Waals surface area (Å²) in [5.41, 5.74) is -0.0772. The molecule has 1 atom stereocenters. The van der Waals surface area contributed by atoms with Crippen LogP contribution in [0.2, 0.25) is 15.1 Å². The number of likely N-dealkylation sites (N-methyl/N-ethyl adjacent to an activating group) is 2. The van der Waals surface area contributed by atoms with Gasteiger partial charge in [0.2, 0.25) is 0 Å². The number of nitrogens with zero attached hydrogens (tertiary/aromatic N) is 6. The third-order valence-electron chi connectivity index (χ3n) is 7.78. The highest BCUT2D eigenvalue weighted by atomic mass is 35.5. The molecule has 5 rings (SSSR count). The Morgan fingerprint density at radius 3 is 1.43 bits per heavy atom. The number of benzene rings is 3. The number of nitro benzene ring substituents is 3. The fraction of sp³-hybridized carbons (Fsp3) is 0.455. The number of non-ortho nitro benzene ring substituents is 3. The first-order chi connectivity index (χ1) is 24.1. The van der Waals surface area contributed by atoms with Crippen LogP contribution >= 0.6 is 34.8 Å². The smallest absolute Gasteiger partial charge is 0.271 e. The fourth-order valence-corrected chi connectivity index (χ4v) is 5.58. The second-order valence-corrected chi connectivity index (χ2v) is 13.4. The topological polar surface area (TPSA) is 167 Å². The summed E-state index contributed by atoms with van der Waals surface area (Å²) in [6.45, 7) is 5.09. The highest BCUT2D eigenvalue weighted by molar-refractivity contribution is 6.32. The molecule has 0 saturated carbocycles. The number of piperidine rings is 1. The minimum atomic E-state index is -0.491. The van der Waals surface area contributed by atoms with E-state index in [2.05, 4.69) is 16.8 Å². The average molecular weight is 772 g/mol. The molecule has 0 bridgehead atoms. The third-order valence-corrected chi connectivity index (χ3v) is 8.66. The normalized spacial score (nSPS) is 16.4. The number of hydrogen-bond donors (Lipinski definition) is 0. The monoisotopic (exact) mass is 770 g/mol. The number of ether oxygens (including phenoxy) is 3. The van der Waals surface area contributed by atoms with Crippen LogP contribution in [-0.2, 0) is 0 Å². The molecule has 0 N–H and O–H groups in total. The van der Waals surface area contributed by atoms with Crippen LogP contribution in [-0.4, -0.2) is 109 Å². The molecular weight excluding hydrogens is 731 g/mol. The fourth-order valence-electron chi connectivity index (χ4n) is 4.91. The molecule has 0 aromatic heterocycles. The van der Waals surface area contributed by atoms with E-state index in [1.807, 2.05) is 26.0 Å². The highest BCUT2D eigenvalue weighted by Crippen LogP contribution is 2.32. The number of halogens is 3. The molecule has 2 fully saturated rings. The first-order valence-electron chi connectivity index (χ1n) is 15.9. The minimum absolute atomic E-state index is 0.0178. The van der Waals surface area contributed by atoms with Crippen LogP contribution in [0.5, 0.6) is 17.2 Å². The Balaban J connectivity index is 0.000000207. The maximum Gasteiger partial charge on any atom is 0.271 e. The van der Waals surface area contributed by atoms with Crippen molar-refractivity contribution in [3.63, 3.8) is 0 Å². The lowest BCUT2D eigenvalue weighted by molar-refractivity contribution is -0.385. The molecule has 0 spiro atoms. The molecule has 2 aliphatic rings. The second kappa shape index (κ2) is 20.2. The molecule has 0 aliphatic carbocycles. The quantitative estimate of drug-likeness (QED) is 0.142. The molecular formula is C33H41Cl3N6O9. The lowest BCUT2D eigenvalue weighted by Crippen LogP contribution is -2.35. The second-order valence-electron chi connectivity index (χ2n) is 12.2.